The van der Waals surface area contributed by atoms with Gasteiger partial charge in [-0.2, -0.15) is 0 Å². The van der Waals surface area contributed by atoms with Gasteiger partial charge in [0.15, 0.2) is 0 Å². The molecular formula is C19H28N6O2. The third-order valence-electron chi connectivity index (χ3n) is 5.53. The molecule has 1 amide bonds. The number of carbonyl (C=O) groups is 1. The molecule has 2 aliphatic heterocycles. The van der Waals surface area contributed by atoms with Gasteiger partial charge in [0, 0.05) is 25.2 Å². The Labute approximate surface area is 159 Å². The molecule has 4 heterocycles. The number of likely N-dealkylation sites (tertiary alicyclic amines) is 1. The normalized spacial score (nSPS) is 23.7. The van der Waals surface area contributed by atoms with E-state index in [1.54, 1.807) is 6.26 Å². The van der Waals surface area contributed by atoms with Crippen molar-refractivity contribution in [3.8, 4) is 0 Å². The van der Waals surface area contributed by atoms with Gasteiger partial charge in [-0.05, 0) is 46.4 Å². The first-order valence-electron chi connectivity index (χ1n) is 9.46. The summed E-state index contributed by atoms with van der Waals surface area (Å²) in [5.41, 5.74) is -0.321. The van der Waals surface area contributed by atoms with Crippen molar-refractivity contribution < 1.29 is 9.21 Å². The van der Waals surface area contributed by atoms with Gasteiger partial charge in [-0.1, -0.05) is 0 Å². The van der Waals surface area contributed by atoms with Crippen LogP contribution in [0.5, 0.6) is 0 Å². The molecule has 1 N–H and O–H groups in total. The van der Waals surface area contributed by atoms with Crippen molar-refractivity contribution in [2.75, 3.05) is 20.1 Å². The zero-order valence-electron chi connectivity index (χ0n) is 16.5. The zero-order chi connectivity index (χ0) is 19.2. The second-order valence-corrected chi connectivity index (χ2v) is 8.85. The molecule has 8 heteroatoms. The quantitative estimate of drug-likeness (QED) is 0.879. The smallest absolute Gasteiger partial charge is 0.289 e. The lowest BCUT2D eigenvalue weighted by molar-refractivity contribution is 0.0638. The second-order valence-electron chi connectivity index (χ2n) is 8.85. The largest absolute Gasteiger partial charge is 0.468 e. The van der Waals surface area contributed by atoms with E-state index < -0.39 is 0 Å². The van der Waals surface area contributed by atoms with Crippen molar-refractivity contribution in [2.24, 2.45) is 0 Å². The number of aromatic nitrogens is 3. The highest BCUT2D eigenvalue weighted by Crippen LogP contribution is 2.34. The lowest BCUT2D eigenvalue weighted by Gasteiger charge is -2.42. The Balaban J connectivity index is 1.54. The van der Waals surface area contributed by atoms with E-state index in [1.807, 2.05) is 37.5 Å². The van der Waals surface area contributed by atoms with E-state index in [2.05, 4.69) is 32.4 Å². The topological polar surface area (TPSA) is 79.4 Å². The number of nitrogens with zero attached hydrogens (tertiary/aromatic N) is 5. The standard InChI is InChI=1S/C19H28N6O2/c1-18(2,3)20-17(26)16-22-21-15-11-23(4)19(13-25(15)16)7-8-24(12-19)10-14-6-5-9-27-14/h5-6,9H,7-8,10-13H2,1-4H3,(H,20,26)/t19-/m1/s1. The van der Waals surface area contributed by atoms with Gasteiger partial charge in [-0.3, -0.25) is 14.6 Å². The minimum atomic E-state index is -0.306. The molecule has 27 heavy (non-hydrogen) atoms. The number of nitrogens with one attached hydrogen (secondary N) is 1. The monoisotopic (exact) mass is 372 g/mol. The van der Waals surface area contributed by atoms with Gasteiger partial charge < -0.3 is 14.3 Å². The summed E-state index contributed by atoms with van der Waals surface area (Å²) >= 11 is 0. The van der Waals surface area contributed by atoms with Gasteiger partial charge in [0.1, 0.15) is 11.6 Å². The number of rotatable bonds is 3. The first kappa shape index (κ1) is 18.2. The molecule has 2 aromatic heterocycles. The van der Waals surface area contributed by atoms with Crippen LogP contribution in [-0.2, 0) is 19.6 Å². The molecule has 2 aliphatic rings. The summed E-state index contributed by atoms with van der Waals surface area (Å²) in [6.07, 6.45) is 2.76. The molecule has 146 valence electrons. The first-order chi connectivity index (χ1) is 12.8. The SMILES string of the molecule is CN1Cc2nnc(C(=O)NC(C)(C)C)n2C[C@]12CCN(Cc1ccco1)C2. The summed E-state index contributed by atoms with van der Waals surface area (Å²) in [4.78, 5) is 17.5. The minimum Gasteiger partial charge on any atom is -0.468 e. The molecule has 0 saturated carbocycles. The average Bonchev–Trinajstić information content (AvgIpc) is 3.28. The van der Waals surface area contributed by atoms with Crippen molar-refractivity contribution in [3.63, 3.8) is 0 Å². The van der Waals surface area contributed by atoms with Gasteiger partial charge in [0.25, 0.3) is 5.91 Å². The minimum absolute atomic E-state index is 0.0151. The summed E-state index contributed by atoms with van der Waals surface area (Å²) in [6, 6.07) is 3.94. The number of carbonyl (C=O) groups excluding carboxylic acids is 1. The maximum absolute atomic E-state index is 12.7. The lowest BCUT2D eigenvalue weighted by atomic mass is 9.94. The van der Waals surface area contributed by atoms with Crippen molar-refractivity contribution >= 4 is 5.91 Å². The average molecular weight is 372 g/mol. The van der Waals surface area contributed by atoms with Gasteiger partial charge in [0.05, 0.1) is 24.9 Å². The third kappa shape index (κ3) is 3.51. The molecule has 4 rings (SSSR count). The highest BCUT2D eigenvalue weighted by atomic mass is 16.3. The summed E-state index contributed by atoms with van der Waals surface area (Å²) in [7, 11) is 2.14. The Morgan fingerprint density at radius 3 is 2.85 bits per heavy atom. The molecule has 1 fully saturated rings. The molecule has 0 aromatic carbocycles. The summed E-state index contributed by atoms with van der Waals surface area (Å²) in [6.45, 7) is 10.1. The Hall–Kier alpha value is -2.19. The van der Waals surface area contributed by atoms with E-state index in [9.17, 15) is 4.79 Å². The fourth-order valence-electron chi connectivity index (χ4n) is 4.12. The molecule has 0 bridgehead atoms. The molecule has 0 radical (unpaired) electrons. The van der Waals surface area contributed by atoms with Crippen LogP contribution in [0.15, 0.2) is 22.8 Å². The Bertz CT molecular complexity index is 822. The predicted molar refractivity (Wildman–Crippen MR) is 100 cm³/mol. The predicted octanol–water partition coefficient (Wildman–Crippen LogP) is 1.49. The Morgan fingerprint density at radius 2 is 2.15 bits per heavy atom. The van der Waals surface area contributed by atoms with Gasteiger partial charge in [-0.15, -0.1) is 10.2 Å². The van der Waals surface area contributed by atoms with E-state index in [0.717, 1.165) is 44.2 Å². The van der Waals surface area contributed by atoms with E-state index in [1.165, 1.54) is 0 Å². The van der Waals surface area contributed by atoms with Crippen LogP contribution in [0.3, 0.4) is 0 Å². The van der Waals surface area contributed by atoms with Crippen LogP contribution in [0.1, 0.15) is 49.4 Å². The molecule has 0 aliphatic carbocycles. The summed E-state index contributed by atoms with van der Waals surface area (Å²) < 4.78 is 7.52. The van der Waals surface area contributed by atoms with E-state index >= 15 is 0 Å². The molecule has 1 spiro atoms. The van der Waals surface area contributed by atoms with Crippen molar-refractivity contribution in [2.45, 2.75) is 57.9 Å². The fourth-order valence-corrected chi connectivity index (χ4v) is 4.12. The number of hydrogen-bond acceptors (Lipinski definition) is 6. The second kappa shape index (κ2) is 6.45. The van der Waals surface area contributed by atoms with Crippen molar-refractivity contribution in [1.82, 2.24) is 29.9 Å². The number of amides is 1. The van der Waals surface area contributed by atoms with Crippen LogP contribution in [-0.4, -0.2) is 61.7 Å². The maximum Gasteiger partial charge on any atom is 0.289 e. The van der Waals surface area contributed by atoms with Gasteiger partial charge in [0.2, 0.25) is 5.82 Å². The van der Waals surface area contributed by atoms with Gasteiger partial charge >= 0.3 is 0 Å². The molecule has 1 atom stereocenters. The summed E-state index contributed by atoms with van der Waals surface area (Å²) in [5, 5.41) is 11.5. The number of hydrogen-bond donors (Lipinski definition) is 1. The fraction of sp³-hybridized carbons (Fsp3) is 0.632. The lowest BCUT2D eigenvalue weighted by Crippen LogP contribution is -2.55. The highest BCUT2D eigenvalue weighted by Gasteiger charge is 2.46. The van der Waals surface area contributed by atoms with Crippen LogP contribution >= 0.6 is 0 Å². The Kier molecular flexibility index (Phi) is 4.35. The zero-order valence-corrected chi connectivity index (χ0v) is 16.5. The van der Waals surface area contributed by atoms with Gasteiger partial charge in [-0.25, -0.2) is 0 Å². The van der Waals surface area contributed by atoms with Crippen LogP contribution in [0.2, 0.25) is 0 Å². The summed E-state index contributed by atoms with van der Waals surface area (Å²) in [5.74, 6) is 2.09. The Morgan fingerprint density at radius 1 is 1.33 bits per heavy atom. The van der Waals surface area contributed by atoms with E-state index in [4.69, 9.17) is 4.42 Å². The highest BCUT2D eigenvalue weighted by molar-refractivity contribution is 5.91. The van der Waals surface area contributed by atoms with Crippen LogP contribution in [0, 0.1) is 0 Å². The maximum atomic E-state index is 12.7. The van der Waals surface area contributed by atoms with Crippen LogP contribution < -0.4 is 5.32 Å². The third-order valence-corrected chi connectivity index (χ3v) is 5.53. The molecular weight excluding hydrogens is 344 g/mol. The number of fused-ring (bicyclic) bond motifs is 1. The van der Waals surface area contributed by atoms with Crippen LogP contribution in [0.25, 0.3) is 0 Å². The number of likely N-dealkylation sites (N-methyl/N-ethyl adjacent to an activating group) is 1. The molecule has 1 saturated heterocycles. The number of furan rings is 1. The van der Waals surface area contributed by atoms with Crippen LogP contribution in [0.4, 0.5) is 0 Å². The first-order valence-corrected chi connectivity index (χ1v) is 9.46. The van der Waals surface area contributed by atoms with E-state index in [-0.39, 0.29) is 17.0 Å². The van der Waals surface area contributed by atoms with Crippen molar-refractivity contribution in [3.05, 3.63) is 35.8 Å². The van der Waals surface area contributed by atoms with Crippen molar-refractivity contribution in [1.29, 1.82) is 0 Å². The molecule has 2 aromatic rings. The van der Waals surface area contributed by atoms with E-state index in [0.29, 0.717) is 12.4 Å². The molecule has 8 nitrogen and oxygen atoms in total. The molecule has 0 unspecified atom stereocenters.